The van der Waals surface area contributed by atoms with E-state index in [9.17, 15) is 14.3 Å². The van der Waals surface area contributed by atoms with E-state index in [1.807, 2.05) is 13.0 Å². The number of hydrogen-bond acceptors (Lipinski definition) is 2. The van der Waals surface area contributed by atoms with E-state index < -0.39 is 6.10 Å². The lowest BCUT2D eigenvalue weighted by molar-refractivity contribution is 0.142. The van der Waals surface area contributed by atoms with Gasteiger partial charge in [-0.05, 0) is 44.4 Å². The molecule has 2 amide bonds. The summed E-state index contributed by atoms with van der Waals surface area (Å²) in [5.41, 5.74) is 0.920. The zero-order valence-electron chi connectivity index (χ0n) is 12.3. The Morgan fingerprint density at radius 3 is 2.75 bits per heavy atom. The third kappa shape index (κ3) is 6.02. The van der Waals surface area contributed by atoms with Gasteiger partial charge in [-0.3, -0.25) is 0 Å². The lowest BCUT2D eigenvalue weighted by atomic mass is 10.1. The van der Waals surface area contributed by atoms with Crippen molar-refractivity contribution in [1.29, 1.82) is 0 Å². The summed E-state index contributed by atoms with van der Waals surface area (Å²) in [6.07, 6.45) is 0.894. The number of hydrogen-bond donors (Lipinski definition) is 2. The van der Waals surface area contributed by atoms with Gasteiger partial charge in [0.05, 0.1) is 6.10 Å². The first-order valence-electron chi connectivity index (χ1n) is 6.82. The van der Waals surface area contributed by atoms with Gasteiger partial charge in [0.1, 0.15) is 5.82 Å². The van der Waals surface area contributed by atoms with Gasteiger partial charge in [-0.2, -0.15) is 0 Å². The van der Waals surface area contributed by atoms with Gasteiger partial charge in [0.15, 0.2) is 0 Å². The SMILES string of the molecule is C[C@H](O)CN(C)C(=O)N[C@H](C)CCc1cccc(F)c1. The topological polar surface area (TPSA) is 52.6 Å². The molecule has 20 heavy (non-hydrogen) atoms. The summed E-state index contributed by atoms with van der Waals surface area (Å²) in [5, 5.41) is 12.1. The number of aliphatic hydroxyl groups excluding tert-OH is 1. The Morgan fingerprint density at radius 1 is 1.45 bits per heavy atom. The van der Waals surface area contributed by atoms with E-state index in [0.29, 0.717) is 13.0 Å². The summed E-state index contributed by atoms with van der Waals surface area (Å²) < 4.78 is 13.0. The van der Waals surface area contributed by atoms with E-state index in [1.54, 1.807) is 20.0 Å². The van der Waals surface area contributed by atoms with Crippen LogP contribution in [0.5, 0.6) is 0 Å². The van der Waals surface area contributed by atoms with Crippen LogP contribution in [0.4, 0.5) is 9.18 Å². The molecule has 0 aromatic heterocycles. The predicted octanol–water partition coefficient (Wildman–Crippen LogP) is 2.17. The molecule has 0 aliphatic rings. The second-order valence-electron chi connectivity index (χ2n) is 5.25. The Bertz CT molecular complexity index is 438. The van der Waals surface area contributed by atoms with E-state index >= 15 is 0 Å². The van der Waals surface area contributed by atoms with Crippen LogP contribution in [-0.4, -0.2) is 41.8 Å². The number of aliphatic hydroxyl groups is 1. The van der Waals surface area contributed by atoms with Crippen molar-refractivity contribution in [1.82, 2.24) is 10.2 Å². The molecule has 0 bridgehead atoms. The standard InChI is InChI=1S/C15H23FN2O2/c1-11(17-15(20)18(3)10-12(2)19)7-8-13-5-4-6-14(16)9-13/h4-6,9,11-12,19H,7-8,10H2,1-3H3,(H,17,20)/t11-,12+/m1/s1. The summed E-state index contributed by atoms with van der Waals surface area (Å²) in [4.78, 5) is 13.2. The highest BCUT2D eigenvalue weighted by Crippen LogP contribution is 2.08. The fourth-order valence-electron chi connectivity index (χ4n) is 1.95. The fourth-order valence-corrected chi connectivity index (χ4v) is 1.95. The number of likely N-dealkylation sites (N-methyl/N-ethyl adjacent to an activating group) is 1. The van der Waals surface area contributed by atoms with Gasteiger partial charge in [0.25, 0.3) is 0 Å². The Kier molecular flexibility index (Phi) is 6.45. The number of carbonyl (C=O) groups excluding carboxylic acids is 1. The second kappa shape index (κ2) is 7.85. The average molecular weight is 282 g/mol. The van der Waals surface area contributed by atoms with E-state index in [-0.39, 0.29) is 17.9 Å². The third-order valence-corrected chi connectivity index (χ3v) is 3.01. The van der Waals surface area contributed by atoms with Crippen LogP contribution in [0.1, 0.15) is 25.8 Å². The summed E-state index contributed by atoms with van der Waals surface area (Å²) in [7, 11) is 1.64. The zero-order valence-corrected chi connectivity index (χ0v) is 12.3. The maximum absolute atomic E-state index is 13.0. The van der Waals surface area contributed by atoms with Gasteiger partial charge in [0, 0.05) is 19.6 Å². The van der Waals surface area contributed by atoms with Crippen molar-refractivity contribution in [2.24, 2.45) is 0 Å². The van der Waals surface area contributed by atoms with Gasteiger partial charge in [-0.1, -0.05) is 12.1 Å². The molecule has 4 nitrogen and oxygen atoms in total. The van der Waals surface area contributed by atoms with Crippen molar-refractivity contribution < 1.29 is 14.3 Å². The first-order chi connectivity index (χ1) is 9.38. The number of nitrogens with one attached hydrogen (secondary N) is 1. The third-order valence-electron chi connectivity index (χ3n) is 3.01. The number of aryl methyl sites for hydroxylation is 1. The van der Waals surface area contributed by atoms with Crippen LogP contribution >= 0.6 is 0 Å². The highest BCUT2D eigenvalue weighted by molar-refractivity contribution is 5.74. The van der Waals surface area contributed by atoms with Crippen molar-refractivity contribution in [2.75, 3.05) is 13.6 Å². The normalized spacial score (nSPS) is 13.7. The molecule has 0 unspecified atom stereocenters. The Hall–Kier alpha value is -1.62. The number of nitrogens with zero attached hydrogens (tertiary/aromatic N) is 1. The molecular weight excluding hydrogens is 259 g/mol. The second-order valence-corrected chi connectivity index (χ2v) is 5.25. The summed E-state index contributed by atoms with van der Waals surface area (Å²) >= 11 is 0. The molecule has 1 aromatic rings. The van der Waals surface area contributed by atoms with Crippen LogP contribution in [0.25, 0.3) is 0 Å². The van der Waals surface area contributed by atoms with Gasteiger partial charge < -0.3 is 15.3 Å². The minimum Gasteiger partial charge on any atom is -0.392 e. The van der Waals surface area contributed by atoms with Crippen LogP contribution in [0, 0.1) is 5.82 Å². The molecule has 0 heterocycles. The van der Waals surface area contributed by atoms with Gasteiger partial charge in [-0.15, -0.1) is 0 Å². The number of carbonyl (C=O) groups is 1. The monoisotopic (exact) mass is 282 g/mol. The van der Waals surface area contributed by atoms with Gasteiger partial charge in [-0.25, -0.2) is 9.18 Å². The molecule has 0 radical (unpaired) electrons. The zero-order chi connectivity index (χ0) is 15.1. The largest absolute Gasteiger partial charge is 0.392 e. The van der Waals surface area contributed by atoms with E-state index in [1.165, 1.54) is 17.0 Å². The number of urea groups is 1. The van der Waals surface area contributed by atoms with E-state index in [2.05, 4.69) is 5.32 Å². The maximum Gasteiger partial charge on any atom is 0.317 e. The lowest BCUT2D eigenvalue weighted by Gasteiger charge is -2.22. The molecule has 1 rings (SSSR count). The molecule has 0 aliphatic carbocycles. The highest BCUT2D eigenvalue weighted by atomic mass is 19.1. The van der Waals surface area contributed by atoms with Crippen molar-refractivity contribution in [2.45, 2.75) is 38.8 Å². The Morgan fingerprint density at radius 2 is 2.15 bits per heavy atom. The molecule has 0 spiro atoms. The van der Waals surface area contributed by atoms with Crippen molar-refractivity contribution in [3.8, 4) is 0 Å². The maximum atomic E-state index is 13.0. The van der Waals surface area contributed by atoms with Crippen LogP contribution in [-0.2, 0) is 6.42 Å². The molecule has 5 heteroatoms. The highest BCUT2D eigenvalue weighted by Gasteiger charge is 2.13. The fraction of sp³-hybridized carbons (Fsp3) is 0.533. The lowest BCUT2D eigenvalue weighted by Crippen LogP contribution is -2.44. The Balaban J connectivity index is 2.36. The van der Waals surface area contributed by atoms with Crippen LogP contribution in [0.2, 0.25) is 0 Å². The number of halogens is 1. The predicted molar refractivity (Wildman–Crippen MR) is 77.0 cm³/mol. The molecule has 0 saturated carbocycles. The van der Waals surface area contributed by atoms with Crippen LogP contribution in [0.3, 0.4) is 0 Å². The van der Waals surface area contributed by atoms with E-state index in [0.717, 1.165) is 12.0 Å². The van der Waals surface area contributed by atoms with E-state index in [4.69, 9.17) is 0 Å². The Labute approximate surface area is 119 Å². The van der Waals surface area contributed by atoms with Crippen LogP contribution in [0.15, 0.2) is 24.3 Å². The quantitative estimate of drug-likeness (QED) is 0.840. The first-order valence-corrected chi connectivity index (χ1v) is 6.82. The summed E-state index contributed by atoms with van der Waals surface area (Å²) in [6, 6.07) is 6.26. The summed E-state index contributed by atoms with van der Waals surface area (Å²) in [6.45, 7) is 3.84. The number of amides is 2. The van der Waals surface area contributed by atoms with Crippen molar-refractivity contribution >= 4 is 6.03 Å². The molecular formula is C15H23FN2O2. The average Bonchev–Trinajstić information content (AvgIpc) is 2.35. The smallest absolute Gasteiger partial charge is 0.317 e. The minimum absolute atomic E-state index is 0.0118. The minimum atomic E-state index is -0.548. The van der Waals surface area contributed by atoms with Gasteiger partial charge >= 0.3 is 6.03 Å². The number of rotatable bonds is 6. The van der Waals surface area contributed by atoms with Gasteiger partial charge in [0.2, 0.25) is 0 Å². The molecule has 1 aromatic carbocycles. The summed E-state index contributed by atoms with van der Waals surface area (Å²) in [5.74, 6) is -0.240. The first kappa shape index (κ1) is 16.4. The van der Waals surface area contributed by atoms with Crippen LogP contribution < -0.4 is 5.32 Å². The van der Waals surface area contributed by atoms with Crippen molar-refractivity contribution in [3.05, 3.63) is 35.6 Å². The molecule has 2 atom stereocenters. The molecule has 0 fully saturated rings. The number of benzene rings is 1. The molecule has 0 aliphatic heterocycles. The molecule has 112 valence electrons. The molecule has 0 saturated heterocycles. The van der Waals surface area contributed by atoms with Crippen molar-refractivity contribution in [3.63, 3.8) is 0 Å². The molecule has 2 N–H and O–H groups in total.